The average Bonchev–Trinajstić information content (AvgIpc) is 2.89. The first kappa shape index (κ1) is 22.1. The van der Waals surface area contributed by atoms with Crippen molar-refractivity contribution in [3.05, 3.63) is 39.9 Å². The summed E-state index contributed by atoms with van der Waals surface area (Å²) >= 11 is 11.9. The quantitative estimate of drug-likeness (QED) is 0.715. The van der Waals surface area contributed by atoms with Gasteiger partial charge in [0.05, 0.1) is 16.1 Å². The van der Waals surface area contributed by atoms with E-state index in [1.165, 1.54) is 6.08 Å². The normalized spacial score (nSPS) is 21.6. The second kappa shape index (κ2) is 10.4. The number of carbonyl (C=O) groups is 2. The Morgan fingerprint density at radius 3 is 2.72 bits per heavy atom. The number of rotatable bonds is 5. The first-order valence-corrected chi connectivity index (χ1v) is 10.8. The molecule has 1 atom stereocenters. The van der Waals surface area contributed by atoms with Gasteiger partial charge < -0.3 is 14.9 Å². The molecule has 0 radical (unpaired) electrons. The fraction of sp³-hybridized carbons (Fsp3) is 0.524. The molecular weight excluding hydrogens is 413 g/mol. The minimum absolute atomic E-state index is 0.0753. The van der Waals surface area contributed by atoms with Crippen molar-refractivity contribution in [3.63, 3.8) is 0 Å². The molecule has 29 heavy (non-hydrogen) atoms. The molecule has 1 aromatic rings. The number of nitrogens with zero attached hydrogens (tertiary/aromatic N) is 3. The summed E-state index contributed by atoms with van der Waals surface area (Å²) in [6.07, 6.45) is 5.12. The van der Waals surface area contributed by atoms with E-state index in [1.807, 2.05) is 4.90 Å². The van der Waals surface area contributed by atoms with Crippen molar-refractivity contribution in [1.82, 2.24) is 14.7 Å². The van der Waals surface area contributed by atoms with Crippen LogP contribution in [-0.2, 0) is 9.59 Å². The maximum absolute atomic E-state index is 12.5. The zero-order chi connectivity index (χ0) is 20.8. The van der Waals surface area contributed by atoms with Crippen molar-refractivity contribution in [1.29, 1.82) is 0 Å². The second-order valence-electron chi connectivity index (χ2n) is 7.56. The van der Waals surface area contributed by atoms with Crippen molar-refractivity contribution >= 4 is 41.1 Å². The van der Waals surface area contributed by atoms with E-state index in [1.54, 1.807) is 29.2 Å². The van der Waals surface area contributed by atoms with Crippen LogP contribution in [0.4, 0.5) is 0 Å². The molecular formula is C21H27Cl2N3O3. The molecule has 3 rings (SSSR count). The summed E-state index contributed by atoms with van der Waals surface area (Å²) in [4.78, 5) is 30.7. The van der Waals surface area contributed by atoms with Crippen LogP contribution in [0.25, 0.3) is 6.08 Å². The highest BCUT2D eigenvalue weighted by Crippen LogP contribution is 2.23. The maximum atomic E-state index is 12.5. The Labute approximate surface area is 181 Å². The minimum Gasteiger partial charge on any atom is -0.392 e. The molecule has 0 saturated carbocycles. The fourth-order valence-corrected chi connectivity index (χ4v) is 4.02. The second-order valence-corrected chi connectivity index (χ2v) is 8.37. The summed E-state index contributed by atoms with van der Waals surface area (Å²) in [5.74, 6) is -0.0452. The highest BCUT2D eigenvalue weighted by Gasteiger charge is 2.24. The van der Waals surface area contributed by atoms with Crippen molar-refractivity contribution in [2.24, 2.45) is 0 Å². The molecule has 158 valence electrons. The lowest BCUT2D eigenvalue weighted by molar-refractivity contribution is -0.130. The monoisotopic (exact) mass is 439 g/mol. The smallest absolute Gasteiger partial charge is 0.246 e. The Bertz CT molecular complexity index is 772. The van der Waals surface area contributed by atoms with Gasteiger partial charge in [0.1, 0.15) is 0 Å². The summed E-state index contributed by atoms with van der Waals surface area (Å²) < 4.78 is 0. The van der Waals surface area contributed by atoms with E-state index in [9.17, 15) is 14.7 Å². The van der Waals surface area contributed by atoms with Crippen LogP contribution in [-0.4, -0.2) is 83.5 Å². The lowest BCUT2D eigenvalue weighted by Gasteiger charge is -2.32. The highest BCUT2D eigenvalue weighted by molar-refractivity contribution is 6.42. The third kappa shape index (κ3) is 6.44. The van der Waals surface area contributed by atoms with Crippen molar-refractivity contribution < 1.29 is 14.7 Å². The summed E-state index contributed by atoms with van der Waals surface area (Å²) in [6, 6.07) is 5.19. The summed E-state index contributed by atoms with van der Waals surface area (Å²) in [7, 11) is 0. The Kier molecular flexibility index (Phi) is 7.95. The van der Waals surface area contributed by atoms with Gasteiger partial charge in [-0.25, -0.2) is 0 Å². The van der Waals surface area contributed by atoms with Crippen molar-refractivity contribution in [2.45, 2.75) is 25.4 Å². The Hall–Kier alpha value is -1.60. The third-order valence-electron chi connectivity index (χ3n) is 5.43. The fourth-order valence-electron chi connectivity index (χ4n) is 3.71. The van der Waals surface area contributed by atoms with Gasteiger partial charge in [0, 0.05) is 51.8 Å². The van der Waals surface area contributed by atoms with E-state index in [-0.39, 0.29) is 17.9 Å². The number of aliphatic hydroxyl groups is 1. The van der Waals surface area contributed by atoms with Gasteiger partial charge in [-0.1, -0.05) is 29.3 Å². The predicted molar refractivity (Wildman–Crippen MR) is 115 cm³/mol. The number of hydrogen-bond acceptors (Lipinski definition) is 4. The van der Waals surface area contributed by atoms with E-state index >= 15 is 0 Å². The Morgan fingerprint density at radius 1 is 1.14 bits per heavy atom. The molecule has 8 heteroatoms. The number of halogens is 2. The van der Waals surface area contributed by atoms with E-state index in [0.29, 0.717) is 49.2 Å². The molecule has 0 spiro atoms. The number of carbonyl (C=O) groups excluding carboxylic acids is 2. The molecule has 0 aromatic heterocycles. The molecule has 2 fully saturated rings. The van der Waals surface area contributed by atoms with Crippen LogP contribution in [0.1, 0.15) is 24.8 Å². The van der Waals surface area contributed by atoms with Crippen LogP contribution in [0.15, 0.2) is 24.3 Å². The van der Waals surface area contributed by atoms with Crippen LogP contribution >= 0.6 is 23.2 Å². The lowest BCUT2D eigenvalue weighted by Crippen LogP contribution is -2.44. The molecule has 6 nitrogen and oxygen atoms in total. The highest BCUT2D eigenvalue weighted by atomic mass is 35.5. The molecule has 0 aliphatic carbocycles. The number of piperidine rings is 1. The van der Waals surface area contributed by atoms with Gasteiger partial charge in [0.15, 0.2) is 0 Å². The third-order valence-corrected chi connectivity index (χ3v) is 6.17. The number of amides is 2. The number of likely N-dealkylation sites (tertiary alicyclic amines) is 1. The predicted octanol–water partition coefficient (Wildman–Crippen LogP) is 2.52. The summed E-state index contributed by atoms with van der Waals surface area (Å²) in [6.45, 7) is 4.48. The van der Waals surface area contributed by atoms with Crippen molar-refractivity contribution in [2.75, 3.05) is 45.8 Å². The maximum Gasteiger partial charge on any atom is 0.246 e. The largest absolute Gasteiger partial charge is 0.392 e. The number of benzene rings is 1. The molecule has 1 N–H and O–H groups in total. The zero-order valence-electron chi connectivity index (χ0n) is 16.4. The molecule has 2 heterocycles. The number of hydrogen-bond donors (Lipinski definition) is 1. The molecule has 2 amide bonds. The topological polar surface area (TPSA) is 64.1 Å². The first-order chi connectivity index (χ1) is 13.9. The summed E-state index contributed by atoms with van der Waals surface area (Å²) in [5.41, 5.74) is 0.795. The van der Waals surface area contributed by atoms with E-state index in [4.69, 9.17) is 23.2 Å². The zero-order valence-corrected chi connectivity index (χ0v) is 17.9. The SMILES string of the molecule is O=C(/C=C/c1ccc(Cl)c(Cl)c1)N1CCC(=O)N(CCN2CCC[C@@H](O)C2)CC1. The first-order valence-electron chi connectivity index (χ1n) is 10.0. The average molecular weight is 440 g/mol. The minimum atomic E-state index is -0.265. The Morgan fingerprint density at radius 2 is 1.97 bits per heavy atom. The van der Waals surface area contributed by atoms with Gasteiger partial charge in [-0.2, -0.15) is 0 Å². The number of β-amino-alcohol motifs (C(OH)–C–C–N with tert-alkyl or cyclic N) is 1. The van der Waals surface area contributed by atoms with E-state index in [0.717, 1.165) is 31.5 Å². The Balaban J connectivity index is 1.51. The molecule has 2 aliphatic rings. The molecule has 0 unspecified atom stereocenters. The van der Waals surface area contributed by atoms with Crippen LogP contribution in [0.2, 0.25) is 10.0 Å². The van der Waals surface area contributed by atoms with Gasteiger partial charge in [-0.15, -0.1) is 0 Å². The molecule has 2 aliphatic heterocycles. The van der Waals surface area contributed by atoms with E-state index < -0.39 is 0 Å². The van der Waals surface area contributed by atoms with Crippen molar-refractivity contribution in [3.8, 4) is 0 Å². The molecule has 0 bridgehead atoms. The van der Waals surface area contributed by atoms with Crippen LogP contribution < -0.4 is 0 Å². The lowest BCUT2D eigenvalue weighted by atomic mass is 10.1. The van der Waals surface area contributed by atoms with Crippen LogP contribution in [0, 0.1) is 0 Å². The summed E-state index contributed by atoms with van der Waals surface area (Å²) in [5, 5.41) is 10.7. The van der Waals surface area contributed by atoms with Gasteiger partial charge in [-0.3, -0.25) is 14.5 Å². The molecule has 2 saturated heterocycles. The standard InChI is InChI=1S/C21H27Cl2N3O3/c22-18-5-3-16(14-19(18)23)4-6-20(28)25-9-7-21(29)26(13-12-25)11-10-24-8-1-2-17(27)15-24/h3-6,14,17,27H,1-2,7-13,15H2/b6-4+/t17-/m1/s1. The van der Waals surface area contributed by atoms with Gasteiger partial charge in [-0.05, 0) is 43.2 Å². The van der Waals surface area contributed by atoms with Gasteiger partial charge in [0.2, 0.25) is 11.8 Å². The van der Waals surface area contributed by atoms with E-state index in [2.05, 4.69) is 4.90 Å². The van der Waals surface area contributed by atoms with Crippen LogP contribution in [0.3, 0.4) is 0 Å². The number of aliphatic hydroxyl groups excluding tert-OH is 1. The molecule has 1 aromatic carbocycles. The van der Waals surface area contributed by atoms with Gasteiger partial charge in [0.25, 0.3) is 0 Å². The van der Waals surface area contributed by atoms with Crippen LogP contribution in [0.5, 0.6) is 0 Å². The van der Waals surface area contributed by atoms with Gasteiger partial charge >= 0.3 is 0 Å².